The summed E-state index contributed by atoms with van der Waals surface area (Å²) in [6.07, 6.45) is 0. The van der Waals surface area contributed by atoms with Gasteiger partial charge in [-0.25, -0.2) is 4.79 Å². The van der Waals surface area contributed by atoms with Crippen LogP contribution in [-0.2, 0) is 9.53 Å². The van der Waals surface area contributed by atoms with Crippen molar-refractivity contribution in [2.75, 3.05) is 25.1 Å². The molecule has 0 unspecified atom stereocenters. The van der Waals surface area contributed by atoms with Crippen molar-refractivity contribution in [1.29, 1.82) is 0 Å². The van der Waals surface area contributed by atoms with Crippen molar-refractivity contribution in [3.63, 3.8) is 0 Å². The summed E-state index contributed by atoms with van der Waals surface area (Å²) in [5, 5.41) is 2.57. The van der Waals surface area contributed by atoms with E-state index >= 15 is 0 Å². The van der Waals surface area contributed by atoms with Gasteiger partial charge in [0.25, 0.3) is 11.7 Å². The largest absolute Gasteiger partial charge is 0.486 e. The molecule has 2 aromatic carbocycles. The smallest absolute Gasteiger partial charge is 0.339 e. The molecule has 0 aliphatic carbocycles. The summed E-state index contributed by atoms with van der Waals surface area (Å²) in [7, 11) is 0. The molecule has 0 bridgehead atoms. The minimum atomic E-state index is -2.67. The summed E-state index contributed by atoms with van der Waals surface area (Å²) in [5.74, 6) is -3.00. The van der Waals surface area contributed by atoms with E-state index in [1.807, 2.05) is 0 Å². The van der Waals surface area contributed by atoms with Gasteiger partial charge in [0, 0.05) is 16.6 Å². The summed E-state index contributed by atoms with van der Waals surface area (Å²) in [5.41, 5.74) is 0.434. The SMILES string of the molecule is O=C(COC(=O)c1ccccc1SC(F)F)Nc1ccc2c(c1)OCCO2. The first-order valence-electron chi connectivity index (χ1n) is 7.93. The normalized spacial score (nSPS) is 12.6. The van der Waals surface area contributed by atoms with E-state index in [0.29, 0.717) is 30.4 Å². The molecule has 0 saturated heterocycles. The van der Waals surface area contributed by atoms with Crippen molar-refractivity contribution >= 4 is 29.3 Å². The second-order valence-electron chi connectivity index (χ2n) is 5.36. The number of amides is 1. The van der Waals surface area contributed by atoms with E-state index in [1.165, 1.54) is 24.3 Å². The van der Waals surface area contributed by atoms with Crippen LogP contribution in [0.4, 0.5) is 14.5 Å². The van der Waals surface area contributed by atoms with Gasteiger partial charge in [0.05, 0.1) is 5.56 Å². The fraction of sp³-hybridized carbons (Fsp3) is 0.222. The summed E-state index contributed by atoms with van der Waals surface area (Å²) < 4.78 is 40.9. The first kappa shape index (κ1) is 19.0. The van der Waals surface area contributed by atoms with Crippen LogP contribution in [0.3, 0.4) is 0 Å². The van der Waals surface area contributed by atoms with Gasteiger partial charge < -0.3 is 19.5 Å². The van der Waals surface area contributed by atoms with E-state index in [4.69, 9.17) is 14.2 Å². The predicted octanol–water partition coefficient (Wildman–Crippen LogP) is 3.57. The number of hydrogen-bond donors (Lipinski definition) is 1. The lowest BCUT2D eigenvalue weighted by molar-refractivity contribution is -0.119. The highest BCUT2D eigenvalue weighted by molar-refractivity contribution is 7.99. The van der Waals surface area contributed by atoms with E-state index in [-0.39, 0.29) is 22.2 Å². The Kier molecular flexibility index (Phi) is 6.12. The van der Waals surface area contributed by atoms with Crippen molar-refractivity contribution in [3.8, 4) is 11.5 Å². The highest BCUT2D eigenvalue weighted by Gasteiger charge is 2.18. The molecule has 1 N–H and O–H groups in total. The average Bonchev–Trinajstić information content (AvgIpc) is 2.66. The van der Waals surface area contributed by atoms with E-state index < -0.39 is 24.2 Å². The molecule has 1 aliphatic rings. The molecule has 0 aromatic heterocycles. The van der Waals surface area contributed by atoms with Crippen molar-refractivity contribution in [1.82, 2.24) is 0 Å². The molecule has 1 amide bonds. The summed E-state index contributed by atoms with van der Waals surface area (Å²) in [4.78, 5) is 24.2. The molecule has 3 rings (SSSR count). The Morgan fingerprint density at radius 2 is 1.85 bits per heavy atom. The van der Waals surface area contributed by atoms with Crippen LogP contribution in [0.15, 0.2) is 47.4 Å². The van der Waals surface area contributed by atoms with Crippen LogP contribution in [0.2, 0.25) is 0 Å². The Morgan fingerprint density at radius 3 is 2.63 bits per heavy atom. The number of carbonyl (C=O) groups is 2. The first-order chi connectivity index (χ1) is 13.0. The van der Waals surface area contributed by atoms with E-state index in [0.717, 1.165) is 0 Å². The molecule has 0 spiro atoms. The third-order valence-corrected chi connectivity index (χ3v) is 4.27. The summed E-state index contributed by atoms with van der Waals surface area (Å²) in [6.45, 7) is 0.318. The number of carbonyl (C=O) groups excluding carboxylic acids is 2. The Bertz CT molecular complexity index is 846. The Labute approximate surface area is 157 Å². The fourth-order valence-electron chi connectivity index (χ4n) is 2.36. The number of fused-ring (bicyclic) bond motifs is 1. The third kappa shape index (κ3) is 5.10. The second kappa shape index (κ2) is 8.72. The lowest BCUT2D eigenvalue weighted by atomic mass is 10.2. The van der Waals surface area contributed by atoms with Crippen molar-refractivity contribution in [2.45, 2.75) is 10.7 Å². The van der Waals surface area contributed by atoms with Gasteiger partial charge in [-0.1, -0.05) is 23.9 Å². The molecule has 27 heavy (non-hydrogen) atoms. The number of ether oxygens (including phenoxy) is 3. The molecule has 0 radical (unpaired) electrons. The molecule has 0 fully saturated rings. The van der Waals surface area contributed by atoms with Crippen LogP contribution in [0.5, 0.6) is 11.5 Å². The minimum Gasteiger partial charge on any atom is -0.486 e. The Balaban J connectivity index is 1.57. The zero-order valence-electron chi connectivity index (χ0n) is 13.9. The van der Waals surface area contributed by atoms with Crippen molar-refractivity contribution < 1.29 is 32.6 Å². The Morgan fingerprint density at radius 1 is 1.11 bits per heavy atom. The molecule has 0 saturated carbocycles. The van der Waals surface area contributed by atoms with Crippen LogP contribution >= 0.6 is 11.8 Å². The Hall–Kier alpha value is -2.81. The number of anilines is 1. The van der Waals surface area contributed by atoms with Gasteiger partial charge in [0.15, 0.2) is 18.1 Å². The van der Waals surface area contributed by atoms with Gasteiger partial charge >= 0.3 is 5.97 Å². The number of esters is 1. The molecular weight excluding hydrogens is 380 g/mol. The van der Waals surface area contributed by atoms with Gasteiger partial charge in [-0.05, 0) is 24.3 Å². The first-order valence-corrected chi connectivity index (χ1v) is 8.81. The number of alkyl halides is 2. The van der Waals surface area contributed by atoms with E-state index in [2.05, 4.69) is 5.32 Å². The standard InChI is InChI=1S/C18H15F2NO5S/c19-18(20)27-15-4-2-1-3-12(15)17(23)26-10-16(22)21-11-5-6-13-14(9-11)25-8-7-24-13/h1-6,9,18H,7-8,10H2,(H,21,22). The lowest BCUT2D eigenvalue weighted by Crippen LogP contribution is -2.21. The van der Waals surface area contributed by atoms with Gasteiger partial charge in [0.1, 0.15) is 13.2 Å². The topological polar surface area (TPSA) is 73.9 Å². The molecular formula is C18H15F2NO5S. The number of benzene rings is 2. The van der Waals surface area contributed by atoms with E-state index in [1.54, 1.807) is 18.2 Å². The molecule has 9 heteroatoms. The monoisotopic (exact) mass is 395 g/mol. The van der Waals surface area contributed by atoms with Crippen molar-refractivity contribution in [2.24, 2.45) is 0 Å². The molecule has 1 heterocycles. The quantitative estimate of drug-likeness (QED) is 0.596. The van der Waals surface area contributed by atoms with Gasteiger partial charge in [-0.15, -0.1) is 0 Å². The predicted molar refractivity (Wildman–Crippen MR) is 94.6 cm³/mol. The number of halogens is 2. The van der Waals surface area contributed by atoms with Crippen LogP contribution in [0, 0.1) is 0 Å². The zero-order chi connectivity index (χ0) is 19.2. The lowest BCUT2D eigenvalue weighted by Gasteiger charge is -2.19. The summed E-state index contributed by atoms with van der Waals surface area (Å²) in [6, 6.07) is 10.7. The minimum absolute atomic E-state index is 0.0186. The van der Waals surface area contributed by atoms with Gasteiger partial charge in [-0.3, -0.25) is 4.79 Å². The van der Waals surface area contributed by atoms with Crippen LogP contribution in [-0.4, -0.2) is 37.5 Å². The highest BCUT2D eigenvalue weighted by atomic mass is 32.2. The van der Waals surface area contributed by atoms with Crippen LogP contribution < -0.4 is 14.8 Å². The number of nitrogens with one attached hydrogen (secondary N) is 1. The van der Waals surface area contributed by atoms with Crippen LogP contribution in [0.1, 0.15) is 10.4 Å². The van der Waals surface area contributed by atoms with E-state index in [9.17, 15) is 18.4 Å². The number of hydrogen-bond acceptors (Lipinski definition) is 6. The zero-order valence-corrected chi connectivity index (χ0v) is 14.8. The van der Waals surface area contributed by atoms with Gasteiger partial charge in [0.2, 0.25) is 0 Å². The van der Waals surface area contributed by atoms with Crippen LogP contribution in [0.25, 0.3) is 0 Å². The molecule has 142 valence electrons. The number of rotatable bonds is 6. The summed E-state index contributed by atoms with van der Waals surface area (Å²) >= 11 is 0.243. The maximum atomic E-state index is 12.6. The second-order valence-corrected chi connectivity index (χ2v) is 6.39. The third-order valence-electron chi connectivity index (χ3n) is 3.48. The molecule has 2 aromatic rings. The average molecular weight is 395 g/mol. The number of thioether (sulfide) groups is 1. The molecule has 0 atom stereocenters. The molecule has 6 nitrogen and oxygen atoms in total. The fourth-order valence-corrected chi connectivity index (χ4v) is 2.99. The maximum absolute atomic E-state index is 12.6. The maximum Gasteiger partial charge on any atom is 0.339 e. The molecule has 1 aliphatic heterocycles. The highest BCUT2D eigenvalue weighted by Crippen LogP contribution is 2.32. The van der Waals surface area contributed by atoms with Crippen molar-refractivity contribution in [3.05, 3.63) is 48.0 Å². The van der Waals surface area contributed by atoms with Gasteiger partial charge in [-0.2, -0.15) is 8.78 Å².